The summed E-state index contributed by atoms with van der Waals surface area (Å²) >= 11 is 0. The molecule has 13 amide bonds. The van der Waals surface area contributed by atoms with Crippen molar-refractivity contribution in [2.75, 3.05) is 32.7 Å². The number of hydrogen-bond acceptors (Lipinski definition) is 19. The Labute approximate surface area is 642 Å². The van der Waals surface area contributed by atoms with E-state index in [0.717, 1.165) is 0 Å². The summed E-state index contributed by atoms with van der Waals surface area (Å²) in [4.78, 5) is 216. The summed E-state index contributed by atoms with van der Waals surface area (Å²) in [5, 5.41) is 70.0. The number of carboxylic acids is 2. The third-order valence-electron chi connectivity index (χ3n) is 19.3. The second-order valence-electron chi connectivity index (χ2n) is 28.6. The summed E-state index contributed by atoms with van der Waals surface area (Å²) < 4.78 is 0. The molecule has 0 aliphatic carbocycles. The van der Waals surface area contributed by atoms with Gasteiger partial charge in [-0.3, -0.25) is 95.2 Å². The number of benzene rings is 2. The highest BCUT2D eigenvalue weighted by molar-refractivity contribution is 6.01. The summed E-state index contributed by atoms with van der Waals surface area (Å²) in [6.07, 6.45) is -1.08. The van der Waals surface area contributed by atoms with Gasteiger partial charge in [0.2, 0.25) is 76.8 Å². The van der Waals surface area contributed by atoms with E-state index in [1.54, 1.807) is 27.7 Å². The fourth-order valence-corrected chi connectivity index (χ4v) is 13.1. The van der Waals surface area contributed by atoms with E-state index in [0.29, 0.717) is 36.9 Å². The van der Waals surface area contributed by atoms with Crippen LogP contribution in [0.3, 0.4) is 0 Å². The Morgan fingerprint density at radius 2 is 0.946 bits per heavy atom. The van der Waals surface area contributed by atoms with Gasteiger partial charge in [0.25, 0.3) is 0 Å². The van der Waals surface area contributed by atoms with E-state index in [-0.39, 0.29) is 151 Å². The second-order valence-corrected chi connectivity index (χ2v) is 28.6. The van der Waals surface area contributed by atoms with E-state index in [2.05, 4.69) is 68.9 Å². The lowest BCUT2D eigenvalue weighted by Crippen LogP contribution is -2.78. The van der Waals surface area contributed by atoms with Crippen molar-refractivity contribution in [3.8, 4) is 11.5 Å². The number of primary amides is 1. The van der Waals surface area contributed by atoms with Gasteiger partial charge in [-0.1, -0.05) is 58.4 Å². The van der Waals surface area contributed by atoms with Crippen LogP contribution >= 0.6 is 0 Å². The van der Waals surface area contributed by atoms with Gasteiger partial charge < -0.3 is 104 Å². The predicted molar refractivity (Wildman–Crippen MR) is 392 cm³/mol. The normalized spacial score (nSPS) is 17.9. The number of amides is 13. The molecule has 0 radical (unpaired) electrons. The summed E-state index contributed by atoms with van der Waals surface area (Å²) in [7, 11) is 0. The Kier molecular flexibility index (Phi) is 36.5. The van der Waals surface area contributed by atoms with Crippen molar-refractivity contribution in [2.24, 2.45) is 40.5 Å². The molecule has 0 bridgehead atoms. The number of carbonyl (C=O) groups excluding carboxylic acids is 15. The van der Waals surface area contributed by atoms with E-state index in [4.69, 9.17) is 28.7 Å². The number of phenols is 2. The molecule has 5 rings (SSSR count). The molecule has 3 fully saturated rings. The molecule has 2 aromatic carbocycles. The number of carbonyl (C=O) groups is 15. The molecule has 39 nitrogen and oxygen atoms in total. The smallest absolute Gasteiger partial charge is 0.338 e. The highest BCUT2D eigenvalue weighted by Gasteiger charge is 2.43. The average molecular weight is 1560 g/mol. The van der Waals surface area contributed by atoms with Gasteiger partial charge in [-0.15, -0.1) is 0 Å². The van der Waals surface area contributed by atoms with Crippen LogP contribution < -0.4 is 108 Å². The highest BCUT2D eigenvalue weighted by Crippen LogP contribution is 2.24. The van der Waals surface area contributed by atoms with Gasteiger partial charge in [0, 0.05) is 38.3 Å². The van der Waals surface area contributed by atoms with E-state index < -0.39 is 181 Å². The number of aromatic hydroxyl groups is 2. The number of nitrogens with one attached hydrogen (secondary N) is 12. The summed E-state index contributed by atoms with van der Waals surface area (Å²) in [5.41, 5.74) is 33.0. The first kappa shape index (κ1) is 90.2. The minimum atomic E-state index is -1.92. The Hall–Kier alpha value is -11.4. The van der Waals surface area contributed by atoms with Crippen molar-refractivity contribution < 1.29 is 108 Å². The minimum absolute atomic E-state index is 0.00439. The van der Waals surface area contributed by atoms with Crippen LogP contribution in [0.15, 0.2) is 48.5 Å². The maximum atomic E-state index is 15.0. The maximum Gasteiger partial charge on any atom is 0.338 e. The quantitative estimate of drug-likeness (QED) is 0.0166. The standard InChI is InChI=1S/C72H110N20O19/c1-5-39(4)58(70(110)111)90-65(105)51(36-41-19-23-43(94)24-20-41)89-67(107)54-16-11-33-92(54)69(109)48(14-9-31-80-72(77)78)84-59(99)44(13-8-30-79-71(75)76)83-66(106)53-15-10-32-91(53)68(108)47(12-6-7-29-73)85-64(104)52(37-55(74)95)88-61(101)46(26-28-57(97)98)82-63(103)50(35-40-17-21-42(93)22-18-40)87-62(102)49(34-38(2)3)86-60(100)45-25-27-56(96)81-45/h17-24,38-39,44-54,58,93-94H,5-16,25-37,73H2,1-4H3,(H2,74,95)(H,81,96)(H,82,103)(H,83,106)(H,84,99)(H,85,104)(H,86,100)(H,87,102)(H,88,101)(H,89,107)(H,90,105)(H,97,98)(H,110,111)(H4,75,76,79)(H4,77,78,80)/p+1/t39-,44-,45-,46-,47-,48-,49-,50-,51-,52-,53-,54-,58-/m0/s1. The molecule has 3 aliphatic rings. The number of phenolic OH excluding ortho intramolecular Hbond substituents is 2. The van der Waals surface area contributed by atoms with Crippen LogP contribution in [0, 0.1) is 11.8 Å². The van der Waals surface area contributed by atoms with Gasteiger partial charge in [0.05, 0.1) is 38.1 Å². The van der Waals surface area contributed by atoms with E-state index in [9.17, 15) is 87.5 Å². The first-order valence-corrected chi connectivity index (χ1v) is 37.5. The zero-order valence-electron chi connectivity index (χ0n) is 63.2. The zero-order chi connectivity index (χ0) is 82.2. The number of guanidine groups is 2. The lowest BCUT2D eigenvalue weighted by Gasteiger charge is -2.32. The number of carboxylic acid groups (broad SMARTS) is 2. The second kappa shape index (κ2) is 44.9. The van der Waals surface area contributed by atoms with Gasteiger partial charge in [-0.25, -0.2) is 0 Å². The van der Waals surface area contributed by atoms with Crippen LogP contribution in [-0.2, 0) is 84.8 Å². The van der Waals surface area contributed by atoms with Crippen molar-refractivity contribution in [3.05, 3.63) is 59.7 Å². The summed E-state index contributed by atoms with van der Waals surface area (Å²) in [5.74, 6) is -16.0. The number of aliphatic carboxylic acids is 2. The first-order chi connectivity index (χ1) is 52.6. The van der Waals surface area contributed by atoms with E-state index in [1.165, 1.54) is 58.3 Å². The Bertz CT molecular complexity index is 3650. The van der Waals surface area contributed by atoms with Crippen molar-refractivity contribution in [3.63, 3.8) is 0 Å². The molecule has 39 heteroatoms. The van der Waals surface area contributed by atoms with Gasteiger partial charge in [-0.2, -0.15) is 0 Å². The molecule has 3 heterocycles. The summed E-state index contributed by atoms with van der Waals surface area (Å²) in [6.45, 7) is 7.37. The molecule has 0 unspecified atom stereocenters. The molecule has 111 heavy (non-hydrogen) atoms. The fraction of sp³-hybridized carbons (Fsp3) is 0.597. The molecule has 3 saturated heterocycles. The van der Waals surface area contributed by atoms with Crippen LogP contribution in [0.2, 0.25) is 0 Å². The number of unbranched alkanes of at least 4 members (excludes halogenated alkanes) is 1. The number of quaternary nitrogens is 1. The third-order valence-corrected chi connectivity index (χ3v) is 19.3. The number of likely N-dealkylation sites (tertiary alicyclic amines) is 2. The molecule has 0 saturated carbocycles. The molecule has 3 aliphatic heterocycles. The lowest BCUT2D eigenvalue weighted by atomic mass is 9.98. The third kappa shape index (κ3) is 29.8. The molecular formula is C72H111N20O19+. The first-order valence-electron chi connectivity index (χ1n) is 37.5. The van der Waals surface area contributed by atoms with Gasteiger partial charge >= 0.3 is 11.9 Å². The molecule has 2 aromatic rings. The monoisotopic (exact) mass is 1560 g/mol. The van der Waals surface area contributed by atoms with Crippen molar-refractivity contribution >= 4 is 101 Å². The average Bonchev–Trinajstić information content (AvgIpc) is 1.74. The van der Waals surface area contributed by atoms with Crippen LogP contribution in [0.5, 0.6) is 11.5 Å². The SMILES string of the molecule is CC[C@H](C)[C@H](NC(=O)[C@H](Cc1ccc(O)cc1)NC(=O)[C@@H]1CCCN1C(=O)[C@H](CCC[NH+]=C(N)N)NC(=O)[C@H](CCC[NH+]=C(N)N)NC(=O)[C@@H]1CCCN1C(=O)[C@H](CCCC[NH3+])NC(=O)[C@H](CC(N)=O)NC(=O)[C@H](CCC(=O)[O-])NC(=O)[C@H](Cc1ccc(O)cc1)NC(=O)[C@H](CC(C)C)NC(=O)[C@@H]1CCC(=O)N1)C(=O)[O-]. The highest BCUT2D eigenvalue weighted by atomic mass is 16.4. The fourth-order valence-electron chi connectivity index (χ4n) is 13.1. The van der Waals surface area contributed by atoms with E-state index in [1.807, 2.05) is 0 Å². The number of nitrogens with zero attached hydrogens (tertiary/aromatic N) is 2. The van der Waals surface area contributed by atoms with Gasteiger partial charge in [0.1, 0.15) is 78.0 Å². The summed E-state index contributed by atoms with van der Waals surface area (Å²) in [6, 6.07) is -6.07. The number of hydrogen-bond donors (Lipinski definition) is 20. The Morgan fingerprint density at radius 3 is 1.40 bits per heavy atom. The Balaban J connectivity index is 1.40. The van der Waals surface area contributed by atoms with Crippen molar-refractivity contribution in [2.45, 2.75) is 229 Å². The number of nitrogens with two attached hydrogens (primary N) is 5. The lowest BCUT2D eigenvalue weighted by molar-refractivity contribution is -0.460. The molecule has 0 spiro atoms. The predicted octanol–water partition coefficient (Wildman–Crippen LogP) is -11.6. The van der Waals surface area contributed by atoms with E-state index >= 15 is 4.79 Å². The maximum absolute atomic E-state index is 15.0. The zero-order valence-corrected chi connectivity index (χ0v) is 63.2. The van der Waals surface area contributed by atoms with Gasteiger partial charge in [0.15, 0.2) is 0 Å². The van der Waals surface area contributed by atoms with Crippen LogP contribution in [0.4, 0.5) is 0 Å². The van der Waals surface area contributed by atoms with Crippen LogP contribution in [0.1, 0.15) is 154 Å². The Morgan fingerprint density at radius 1 is 0.532 bits per heavy atom. The molecule has 27 N–H and O–H groups in total. The molecular weight excluding hydrogens is 1450 g/mol. The van der Waals surface area contributed by atoms with Crippen LogP contribution in [-0.4, -0.2) is 226 Å². The van der Waals surface area contributed by atoms with Crippen molar-refractivity contribution in [1.82, 2.24) is 63.0 Å². The molecule has 612 valence electrons. The minimum Gasteiger partial charge on any atom is -0.550 e. The number of rotatable bonds is 46. The van der Waals surface area contributed by atoms with Crippen molar-refractivity contribution in [1.29, 1.82) is 0 Å². The molecule has 13 atom stereocenters. The topological polar surface area (TPSA) is 655 Å². The van der Waals surface area contributed by atoms with Crippen LogP contribution in [0.25, 0.3) is 0 Å². The molecule has 0 aromatic heterocycles. The van der Waals surface area contributed by atoms with Gasteiger partial charge in [-0.05, 0) is 144 Å². The largest absolute Gasteiger partial charge is 0.550 e.